The van der Waals surface area contributed by atoms with E-state index >= 15 is 0 Å². The molecule has 0 aliphatic carbocycles. The molecule has 2 aromatic carbocycles. The number of anilines is 1. The molecule has 0 radical (unpaired) electrons. The molecule has 3 rings (SSSR count). The SMILES string of the molecule is C[C@@H](NC(=O)c1ccc(Cl)cc1)C(=O)Nc1nc2ccccc2[nH]1. The summed E-state index contributed by atoms with van der Waals surface area (Å²) in [4.78, 5) is 31.6. The molecule has 6 nitrogen and oxygen atoms in total. The highest BCUT2D eigenvalue weighted by molar-refractivity contribution is 6.30. The normalized spacial score (nSPS) is 11.9. The van der Waals surface area contributed by atoms with Crippen molar-refractivity contribution in [3.05, 3.63) is 59.1 Å². The van der Waals surface area contributed by atoms with E-state index < -0.39 is 6.04 Å². The summed E-state index contributed by atoms with van der Waals surface area (Å²) in [6, 6.07) is 13.2. The largest absolute Gasteiger partial charge is 0.341 e. The second kappa shape index (κ2) is 6.72. The molecule has 0 bridgehead atoms. The lowest BCUT2D eigenvalue weighted by Gasteiger charge is -2.13. The number of H-pyrrole nitrogens is 1. The van der Waals surface area contributed by atoms with Crippen LogP contribution in [-0.4, -0.2) is 27.8 Å². The molecule has 7 heteroatoms. The monoisotopic (exact) mass is 342 g/mol. The van der Waals surface area contributed by atoms with Gasteiger partial charge in [0.15, 0.2) is 0 Å². The summed E-state index contributed by atoms with van der Waals surface area (Å²) < 4.78 is 0. The highest BCUT2D eigenvalue weighted by Gasteiger charge is 2.18. The van der Waals surface area contributed by atoms with E-state index in [-0.39, 0.29) is 11.8 Å². The number of carbonyl (C=O) groups excluding carboxylic acids is 2. The van der Waals surface area contributed by atoms with Crippen LogP contribution >= 0.6 is 11.6 Å². The first-order valence-electron chi connectivity index (χ1n) is 7.35. The van der Waals surface area contributed by atoms with Crippen LogP contribution in [0, 0.1) is 0 Å². The van der Waals surface area contributed by atoms with Crippen LogP contribution in [0.2, 0.25) is 5.02 Å². The van der Waals surface area contributed by atoms with Crippen LogP contribution in [0.5, 0.6) is 0 Å². The Kier molecular flexibility index (Phi) is 4.48. The van der Waals surface area contributed by atoms with Crippen molar-refractivity contribution in [3.63, 3.8) is 0 Å². The summed E-state index contributed by atoms with van der Waals surface area (Å²) in [6.45, 7) is 1.60. The molecule has 0 aliphatic rings. The van der Waals surface area contributed by atoms with E-state index in [4.69, 9.17) is 11.6 Å². The lowest BCUT2D eigenvalue weighted by Crippen LogP contribution is -2.41. The number of amides is 2. The van der Waals surface area contributed by atoms with E-state index in [0.717, 1.165) is 11.0 Å². The number of nitrogens with one attached hydrogen (secondary N) is 3. The Hall–Kier alpha value is -2.86. The number of fused-ring (bicyclic) bond motifs is 1. The number of hydrogen-bond acceptors (Lipinski definition) is 3. The molecule has 122 valence electrons. The van der Waals surface area contributed by atoms with Crippen LogP contribution in [0.3, 0.4) is 0 Å². The number of aromatic nitrogens is 2. The Balaban J connectivity index is 1.63. The summed E-state index contributed by atoms with van der Waals surface area (Å²) in [5.41, 5.74) is 2.01. The fourth-order valence-corrected chi connectivity index (χ4v) is 2.31. The molecule has 0 unspecified atom stereocenters. The van der Waals surface area contributed by atoms with E-state index in [1.165, 1.54) is 0 Å². The Labute approximate surface area is 143 Å². The van der Waals surface area contributed by atoms with Crippen molar-refractivity contribution in [1.82, 2.24) is 15.3 Å². The summed E-state index contributed by atoms with van der Waals surface area (Å²) >= 11 is 5.79. The number of rotatable bonds is 4. The van der Waals surface area contributed by atoms with Gasteiger partial charge in [-0.1, -0.05) is 23.7 Å². The van der Waals surface area contributed by atoms with E-state index in [1.54, 1.807) is 31.2 Å². The zero-order valence-corrected chi connectivity index (χ0v) is 13.6. The Morgan fingerprint density at radius 1 is 1.12 bits per heavy atom. The van der Waals surface area contributed by atoms with Gasteiger partial charge in [-0.3, -0.25) is 14.9 Å². The first-order valence-corrected chi connectivity index (χ1v) is 7.73. The topological polar surface area (TPSA) is 86.9 Å². The van der Waals surface area contributed by atoms with Gasteiger partial charge in [0.25, 0.3) is 5.91 Å². The van der Waals surface area contributed by atoms with Gasteiger partial charge in [-0.15, -0.1) is 0 Å². The number of halogens is 1. The number of hydrogen-bond donors (Lipinski definition) is 3. The minimum absolute atomic E-state index is 0.341. The number of aromatic amines is 1. The predicted octanol–water partition coefficient (Wildman–Crippen LogP) is 2.97. The quantitative estimate of drug-likeness (QED) is 0.681. The maximum Gasteiger partial charge on any atom is 0.251 e. The minimum atomic E-state index is -0.721. The van der Waals surface area contributed by atoms with E-state index in [2.05, 4.69) is 20.6 Å². The molecule has 1 atom stereocenters. The first kappa shape index (κ1) is 16.0. The van der Waals surface area contributed by atoms with Gasteiger partial charge in [0.2, 0.25) is 11.9 Å². The minimum Gasteiger partial charge on any atom is -0.341 e. The van der Waals surface area contributed by atoms with Crippen LogP contribution in [-0.2, 0) is 4.79 Å². The van der Waals surface area contributed by atoms with Crippen LogP contribution in [0.4, 0.5) is 5.95 Å². The van der Waals surface area contributed by atoms with Gasteiger partial charge >= 0.3 is 0 Å². The van der Waals surface area contributed by atoms with E-state index in [0.29, 0.717) is 16.5 Å². The molecule has 3 aromatic rings. The van der Waals surface area contributed by atoms with Gasteiger partial charge in [-0.05, 0) is 43.3 Å². The van der Waals surface area contributed by atoms with Crippen molar-refractivity contribution in [2.24, 2.45) is 0 Å². The average Bonchev–Trinajstić information content (AvgIpc) is 2.97. The Morgan fingerprint density at radius 3 is 2.54 bits per heavy atom. The molecule has 1 heterocycles. The molecule has 24 heavy (non-hydrogen) atoms. The second-order valence-corrected chi connectivity index (χ2v) is 5.73. The smallest absolute Gasteiger partial charge is 0.251 e. The van der Waals surface area contributed by atoms with Crippen LogP contribution in [0.25, 0.3) is 11.0 Å². The number of carbonyl (C=O) groups is 2. The standard InChI is InChI=1S/C17H15ClN4O2/c1-10(19-16(24)11-6-8-12(18)9-7-11)15(23)22-17-20-13-4-2-3-5-14(13)21-17/h2-10H,1H3,(H,19,24)(H2,20,21,22,23)/t10-/m1/s1. The summed E-state index contributed by atoms with van der Waals surface area (Å²) in [7, 11) is 0. The van der Waals surface area contributed by atoms with Gasteiger partial charge in [-0.2, -0.15) is 0 Å². The van der Waals surface area contributed by atoms with Crippen molar-refractivity contribution in [1.29, 1.82) is 0 Å². The maximum absolute atomic E-state index is 12.2. The van der Waals surface area contributed by atoms with Gasteiger partial charge in [0.1, 0.15) is 6.04 Å². The van der Waals surface area contributed by atoms with Crippen LogP contribution in [0.1, 0.15) is 17.3 Å². The molecule has 2 amide bonds. The molecule has 1 aromatic heterocycles. The summed E-state index contributed by atoms with van der Waals surface area (Å²) in [6.07, 6.45) is 0. The number of para-hydroxylation sites is 2. The molecule has 0 fully saturated rings. The lowest BCUT2D eigenvalue weighted by atomic mass is 10.2. The summed E-state index contributed by atoms with van der Waals surface area (Å²) in [5.74, 6) is -0.371. The van der Waals surface area contributed by atoms with E-state index in [9.17, 15) is 9.59 Å². The van der Waals surface area contributed by atoms with Crippen LogP contribution < -0.4 is 10.6 Å². The summed E-state index contributed by atoms with van der Waals surface area (Å²) in [5, 5.41) is 5.83. The third kappa shape index (κ3) is 3.55. The zero-order valence-electron chi connectivity index (χ0n) is 12.8. The van der Waals surface area contributed by atoms with Gasteiger partial charge in [-0.25, -0.2) is 4.98 Å². The average molecular weight is 343 g/mol. The van der Waals surface area contributed by atoms with Crippen molar-refractivity contribution < 1.29 is 9.59 Å². The third-order valence-corrected chi connectivity index (χ3v) is 3.73. The molecule has 3 N–H and O–H groups in total. The maximum atomic E-state index is 12.2. The molecule has 0 aliphatic heterocycles. The highest BCUT2D eigenvalue weighted by Crippen LogP contribution is 2.13. The fourth-order valence-electron chi connectivity index (χ4n) is 2.18. The van der Waals surface area contributed by atoms with Gasteiger partial charge < -0.3 is 10.3 Å². The van der Waals surface area contributed by atoms with Crippen molar-refractivity contribution in [3.8, 4) is 0 Å². The van der Waals surface area contributed by atoms with E-state index in [1.807, 2.05) is 24.3 Å². The molecule has 0 saturated heterocycles. The van der Waals surface area contributed by atoms with Crippen molar-refractivity contribution in [2.45, 2.75) is 13.0 Å². The zero-order chi connectivity index (χ0) is 17.1. The third-order valence-electron chi connectivity index (χ3n) is 3.48. The number of imidazole rings is 1. The number of benzene rings is 2. The van der Waals surface area contributed by atoms with Crippen molar-refractivity contribution >= 4 is 40.4 Å². The Morgan fingerprint density at radius 2 is 1.83 bits per heavy atom. The van der Waals surface area contributed by atoms with Gasteiger partial charge in [0, 0.05) is 10.6 Å². The first-order chi connectivity index (χ1) is 11.5. The highest BCUT2D eigenvalue weighted by atomic mass is 35.5. The van der Waals surface area contributed by atoms with Crippen molar-refractivity contribution in [2.75, 3.05) is 5.32 Å². The molecule has 0 spiro atoms. The fraction of sp³-hybridized carbons (Fsp3) is 0.118. The number of nitrogens with zero attached hydrogens (tertiary/aromatic N) is 1. The molecular weight excluding hydrogens is 328 g/mol. The predicted molar refractivity (Wildman–Crippen MR) is 93.1 cm³/mol. The molecule has 0 saturated carbocycles. The van der Waals surface area contributed by atoms with Crippen LogP contribution in [0.15, 0.2) is 48.5 Å². The molecular formula is C17H15ClN4O2. The second-order valence-electron chi connectivity index (χ2n) is 5.29. The van der Waals surface area contributed by atoms with Gasteiger partial charge in [0.05, 0.1) is 11.0 Å². The Bertz CT molecular complexity index is 856. The lowest BCUT2D eigenvalue weighted by molar-refractivity contribution is -0.117.